The van der Waals surface area contributed by atoms with Crippen LogP contribution in [0.2, 0.25) is 5.02 Å². The third-order valence-electron chi connectivity index (χ3n) is 4.24. The molecule has 0 fully saturated rings. The van der Waals surface area contributed by atoms with E-state index in [2.05, 4.69) is 4.99 Å². The van der Waals surface area contributed by atoms with Crippen molar-refractivity contribution >= 4 is 60.8 Å². The van der Waals surface area contributed by atoms with Gasteiger partial charge >= 0.3 is 0 Å². The van der Waals surface area contributed by atoms with Gasteiger partial charge in [0, 0.05) is 37.0 Å². The second-order valence-corrected chi connectivity index (χ2v) is 11.0. The Balaban J connectivity index is 2.01. The third-order valence-corrected chi connectivity index (χ3v) is 7.94. The summed E-state index contributed by atoms with van der Waals surface area (Å²) in [6, 6.07) is 11.4. The Kier molecular flexibility index (Phi) is 6.85. The van der Waals surface area contributed by atoms with E-state index in [0.29, 0.717) is 15.4 Å². The minimum atomic E-state index is -3.54. The highest BCUT2D eigenvalue weighted by Crippen LogP contribution is 2.22. The molecular weight excluding hydrogens is 450 g/mol. The second kappa shape index (κ2) is 9.01. The first-order chi connectivity index (χ1) is 13.7. The summed E-state index contributed by atoms with van der Waals surface area (Å²) in [5, 5.41) is 0.631. The van der Waals surface area contributed by atoms with E-state index in [9.17, 15) is 13.2 Å². The predicted octanol–water partition coefficient (Wildman–Crippen LogP) is 3.71. The molecule has 0 spiro atoms. The quantitative estimate of drug-likeness (QED) is 0.551. The van der Waals surface area contributed by atoms with Crippen molar-refractivity contribution in [2.24, 2.45) is 4.99 Å². The predicted molar refractivity (Wildman–Crippen MR) is 120 cm³/mol. The number of thioether (sulfide) groups is 1. The van der Waals surface area contributed by atoms with Crippen LogP contribution in [0.25, 0.3) is 10.2 Å². The Morgan fingerprint density at radius 3 is 2.52 bits per heavy atom. The normalized spacial score (nSPS) is 12.8. The molecule has 0 N–H and O–H groups in total. The zero-order valence-corrected chi connectivity index (χ0v) is 19.3. The van der Waals surface area contributed by atoms with E-state index in [1.807, 2.05) is 29.0 Å². The van der Waals surface area contributed by atoms with Crippen molar-refractivity contribution in [2.75, 3.05) is 26.1 Å². The average molecular weight is 470 g/mol. The summed E-state index contributed by atoms with van der Waals surface area (Å²) < 4.78 is 28.5. The second-order valence-electron chi connectivity index (χ2n) is 6.37. The van der Waals surface area contributed by atoms with Crippen LogP contribution >= 0.6 is 34.7 Å². The van der Waals surface area contributed by atoms with Crippen molar-refractivity contribution in [2.45, 2.75) is 11.4 Å². The molecular formula is C19H20ClN3O3S3. The van der Waals surface area contributed by atoms with Crippen molar-refractivity contribution in [3.05, 3.63) is 57.9 Å². The standard InChI is InChI=1S/C19H20ClN3O3S3/c1-22(2)29(25,26)15-7-4-13(5-8-15)18(24)21-19-23(10-11-27-3)16-9-6-14(20)12-17(16)28-19/h4-9,12H,10-11H2,1-3H3. The highest BCUT2D eigenvalue weighted by atomic mass is 35.5. The van der Waals surface area contributed by atoms with Crippen LogP contribution in [0.3, 0.4) is 0 Å². The molecule has 0 saturated heterocycles. The summed E-state index contributed by atoms with van der Waals surface area (Å²) in [6.45, 7) is 0.717. The molecule has 1 amide bonds. The molecule has 3 aromatic rings. The molecule has 29 heavy (non-hydrogen) atoms. The number of fused-ring (bicyclic) bond motifs is 1. The number of nitrogens with zero attached hydrogens (tertiary/aromatic N) is 3. The Morgan fingerprint density at radius 1 is 1.21 bits per heavy atom. The van der Waals surface area contributed by atoms with Crippen LogP contribution in [0.1, 0.15) is 10.4 Å². The van der Waals surface area contributed by atoms with E-state index in [4.69, 9.17) is 11.6 Å². The van der Waals surface area contributed by atoms with Gasteiger partial charge in [-0.2, -0.15) is 16.8 Å². The van der Waals surface area contributed by atoms with Crippen LogP contribution in [0, 0.1) is 0 Å². The summed E-state index contributed by atoms with van der Waals surface area (Å²) >= 11 is 9.22. The molecule has 0 aliphatic rings. The summed E-state index contributed by atoms with van der Waals surface area (Å²) in [4.78, 5) is 17.7. The van der Waals surface area contributed by atoms with Gasteiger partial charge in [-0.05, 0) is 48.7 Å². The van der Waals surface area contributed by atoms with Gasteiger partial charge in [-0.15, -0.1) is 0 Å². The Morgan fingerprint density at radius 2 is 1.90 bits per heavy atom. The number of rotatable bonds is 6. The maximum absolute atomic E-state index is 12.7. The lowest BCUT2D eigenvalue weighted by Crippen LogP contribution is -2.22. The Bertz CT molecular complexity index is 1210. The fourth-order valence-electron chi connectivity index (χ4n) is 2.66. The number of carbonyl (C=O) groups excluding carboxylic acids is 1. The number of hydrogen-bond donors (Lipinski definition) is 0. The summed E-state index contributed by atoms with van der Waals surface area (Å²) in [5.74, 6) is 0.460. The summed E-state index contributed by atoms with van der Waals surface area (Å²) in [7, 11) is -0.616. The van der Waals surface area contributed by atoms with Crippen molar-refractivity contribution in [1.82, 2.24) is 8.87 Å². The molecule has 3 rings (SSSR count). The third kappa shape index (κ3) is 4.75. The fraction of sp³-hybridized carbons (Fsp3) is 0.263. The molecule has 0 radical (unpaired) electrons. The molecule has 1 aromatic heterocycles. The number of sulfonamides is 1. The van der Waals surface area contributed by atoms with Crippen LogP contribution < -0.4 is 4.80 Å². The zero-order chi connectivity index (χ0) is 21.2. The molecule has 0 aliphatic carbocycles. The molecule has 10 heteroatoms. The highest BCUT2D eigenvalue weighted by molar-refractivity contribution is 7.98. The number of halogens is 1. The van der Waals surface area contributed by atoms with E-state index in [1.54, 1.807) is 11.8 Å². The number of hydrogen-bond acceptors (Lipinski definition) is 5. The Hall–Kier alpha value is -1.65. The lowest BCUT2D eigenvalue weighted by Gasteiger charge is -2.11. The van der Waals surface area contributed by atoms with E-state index in [1.165, 1.54) is 49.7 Å². The van der Waals surface area contributed by atoms with E-state index < -0.39 is 15.9 Å². The highest BCUT2D eigenvalue weighted by Gasteiger charge is 2.17. The molecule has 2 aromatic carbocycles. The van der Waals surface area contributed by atoms with Gasteiger partial charge in [-0.3, -0.25) is 4.79 Å². The van der Waals surface area contributed by atoms with E-state index >= 15 is 0 Å². The van der Waals surface area contributed by atoms with E-state index in [0.717, 1.165) is 26.8 Å². The van der Waals surface area contributed by atoms with Gasteiger partial charge in [0.25, 0.3) is 5.91 Å². The maximum atomic E-state index is 12.7. The zero-order valence-electron chi connectivity index (χ0n) is 16.1. The minimum Gasteiger partial charge on any atom is -0.316 e. The van der Waals surface area contributed by atoms with Gasteiger partial charge in [0.1, 0.15) is 0 Å². The van der Waals surface area contributed by atoms with Gasteiger partial charge in [-0.1, -0.05) is 22.9 Å². The number of amides is 1. The number of benzene rings is 2. The SMILES string of the molecule is CSCCn1c(=NC(=O)c2ccc(S(=O)(=O)N(C)C)cc2)sc2cc(Cl)ccc21. The monoisotopic (exact) mass is 469 g/mol. The smallest absolute Gasteiger partial charge is 0.279 e. The topological polar surface area (TPSA) is 71.7 Å². The lowest BCUT2D eigenvalue weighted by molar-refractivity contribution is 0.0997. The van der Waals surface area contributed by atoms with Crippen LogP contribution in [0.5, 0.6) is 0 Å². The molecule has 0 aliphatic heterocycles. The number of aryl methyl sites for hydroxylation is 1. The average Bonchev–Trinajstić information content (AvgIpc) is 3.02. The first-order valence-electron chi connectivity index (χ1n) is 8.63. The van der Waals surface area contributed by atoms with Crippen molar-refractivity contribution in [1.29, 1.82) is 0 Å². The van der Waals surface area contributed by atoms with Gasteiger partial charge < -0.3 is 4.57 Å². The van der Waals surface area contributed by atoms with Crippen LogP contribution in [-0.2, 0) is 16.6 Å². The van der Waals surface area contributed by atoms with Crippen LogP contribution in [-0.4, -0.2) is 49.3 Å². The lowest BCUT2D eigenvalue weighted by atomic mass is 10.2. The van der Waals surface area contributed by atoms with Crippen LogP contribution in [0.15, 0.2) is 52.4 Å². The summed E-state index contributed by atoms with van der Waals surface area (Å²) in [6.07, 6.45) is 2.03. The van der Waals surface area contributed by atoms with Crippen molar-refractivity contribution in [3.63, 3.8) is 0 Å². The first kappa shape index (κ1) is 22.0. The molecule has 6 nitrogen and oxygen atoms in total. The Labute approximate surface area is 182 Å². The molecule has 0 saturated carbocycles. The summed E-state index contributed by atoms with van der Waals surface area (Å²) in [5.41, 5.74) is 1.31. The van der Waals surface area contributed by atoms with Gasteiger partial charge in [0.05, 0.1) is 15.1 Å². The molecule has 1 heterocycles. The molecule has 0 unspecified atom stereocenters. The maximum Gasteiger partial charge on any atom is 0.279 e. The van der Waals surface area contributed by atoms with Gasteiger partial charge in [-0.25, -0.2) is 12.7 Å². The van der Waals surface area contributed by atoms with Crippen LogP contribution in [0.4, 0.5) is 0 Å². The number of thiazole rings is 1. The molecule has 0 atom stereocenters. The van der Waals surface area contributed by atoms with Crippen molar-refractivity contribution in [3.8, 4) is 0 Å². The van der Waals surface area contributed by atoms with E-state index in [-0.39, 0.29) is 4.90 Å². The molecule has 0 bridgehead atoms. The number of aromatic nitrogens is 1. The molecule has 154 valence electrons. The first-order valence-corrected chi connectivity index (χ1v) is 12.7. The number of carbonyl (C=O) groups is 1. The fourth-order valence-corrected chi connectivity index (χ4v) is 5.26. The van der Waals surface area contributed by atoms with Crippen molar-refractivity contribution < 1.29 is 13.2 Å². The minimum absolute atomic E-state index is 0.130. The van der Waals surface area contributed by atoms with Gasteiger partial charge in [0.15, 0.2) is 4.80 Å². The van der Waals surface area contributed by atoms with Gasteiger partial charge in [0.2, 0.25) is 10.0 Å². The largest absolute Gasteiger partial charge is 0.316 e.